The summed E-state index contributed by atoms with van der Waals surface area (Å²) in [7, 11) is 0. The van der Waals surface area contributed by atoms with Crippen LogP contribution >= 0.6 is 0 Å². The zero-order valence-electron chi connectivity index (χ0n) is 37.0. The van der Waals surface area contributed by atoms with Gasteiger partial charge >= 0.3 is 11.9 Å². The minimum absolute atomic E-state index is 0.0219. The van der Waals surface area contributed by atoms with Gasteiger partial charge in [0.15, 0.2) is 18.1 Å². The number of hydrogen-bond acceptors (Lipinski definition) is 18. The minimum Gasteiger partial charge on any atom is -0.460 e. The van der Waals surface area contributed by atoms with E-state index < -0.39 is 133 Å². The molecule has 4 aliphatic heterocycles. The summed E-state index contributed by atoms with van der Waals surface area (Å²) in [5.41, 5.74) is -1.10. The van der Waals surface area contributed by atoms with Gasteiger partial charge in [-0.1, -0.05) is 36.4 Å². The minimum atomic E-state index is -1.70. The summed E-state index contributed by atoms with van der Waals surface area (Å²) in [5, 5.41) is 68.1. The van der Waals surface area contributed by atoms with Crippen LogP contribution < -0.4 is 10.6 Å². The van der Waals surface area contributed by atoms with Crippen LogP contribution in [0.15, 0.2) is 30.3 Å². The summed E-state index contributed by atoms with van der Waals surface area (Å²) in [4.78, 5) is 62.6. The van der Waals surface area contributed by atoms with Crippen molar-refractivity contribution < 1.29 is 83.1 Å². The monoisotopic (exact) mass is 917 g/mol. The number of hydrogen-bond donors (Lipinski definition) is 8. The lowest BCUT2D eigenvalue weighted by atomic mass is 9.62. The SMILES string of the molecule is CC(O)C(NC(=O)C12CC3OC(=O)C1N(Cc1ccccc1C=CCOC1OC(CO)C(O)C(O)C1O)OC2C1OC(C2CC2)(C2CC2)OC31)C(=O)NC(CO)CCC(=O)OC(C)(C)C. The highest BCUT2D eigenvalue weighted by atomic mass is 16.8. The van der Waals surface area contributed by atoms with Crippen LogP contribution in [0.3, 0.4) is 0 Å². The van der Waals surface area contributed by atoms with E-state index in [1.54, 1.807) is 45.1 Å². The average molecular weight is 918 g/mol. The van der Waals surface area contributed by atoms with Crippen LogP contribution in [-0.4, -0.2) is 170 Å². The fourth-order valence-electron chi connectivity index (χ4n) is 10.1. The van der Waals surface area contributed by atoms with Gasteiger partial charge in [-0.05, 0) is 70.9 Å². The van der Waals surface area contributed by atoms with E-state index in [1.165, 1.54) is 12.0 Å². The van der Waals surface area contributed by atoms with Crippen LogP contribution in [-0.2, 0) is 59.0 Å². The highest BCUT2D eigenvalue weighted by molar-refractivity contribution is 5.96. The van der Waals surface area contributed by atoms with Crippen LogP contribution in [0.5, 0.6) is 0 Å². The van der Waals surface area contributed by atoms with Crippen LogP contribution in [0.2, 0.25) is 0 Å². The standard InChI is InChI=1S/C45H63N3O17/c1-22(51)31(39(56)46-27(20-49)15-16-30(52)62-43(2,3)4)47-42(58)44-18-28-35-36(64-45(63-35,25-11-12-25)26-13-14-26)38(44)65-48(37(44)40(57)60-28)19-24-9-6-5-8-23(24)10-7-17-59-41-34(55)33(54)32(53)29(21-50)61-41/h5-10,22,25-29,31-38,41,49-51,53-55H,11-21H2,1-4H3,(H,46,56)(H,47,58). The number of aliphatic hydroxyl groups excluding tert-OH is 6. The molecule has 7 aliphatic rings. The molecule has 1 aromatic rings. The number of carbonyl (C=O) groups excluding carboxylic acids is 4. The number of rotatable bonds is 18. The Morgan fingerprint density at radius 2 is 1.68 bits per heavy atom. The molecule has 0 spiro atoms. The molecule has 1 aromatic carbocycles. The quantitative estimate of drug-likeness (QED) is 0.0827. The van der Waals surface area contributed by atoms with Crippen molar-refractivity contribution in [2.75, 3.05) is 19.8 Å². The molecule has 14 atom stereocenters. The largest absolute Gasteiger partial charge is 0.460 e. The van der Waals surface area contributed by atoms with E-state index in [2.05, 4.69) is 10.6 Å². The first-order valence-corrected chi connectivity index (χ1v) is 22.7. The summed E-state index contributed by atoms with van der Waals surface area (Å²) in [6.45, 7) is 5.22. The number of fused-ring (bicyclic) bond motifs is 4. The van der Waals surface area contributed by atoms with E-state index in [0.717, 1.165) is 25.7 Å². The summed E-state index contributed by atoms with van der Waals surface area (Å²) in [6.07, 6.45) is -5.33. The molecular formula is C45H63N3O17. The average Bonchev–Trinajstić information content (AvgIpc) is 4.21. The number of nitrogens with one attached hydrogen (secondary N) is 2. The van der Waals surface area contributed by atoms with E-state index in [4.69, 9.17) is 33.3 Å². The molecule has 360 valence electrons. The molecule has 0 radical (unpaired) electrons. The number of ether oxygens (including phenoxy) is 6. The lowest BCUT2D eigenvalue weighted by molar-refractivity contribution is -0.298. The number of benzene rings is 1. The van der Waals surface area contributed by atoms with Crippen LogP contribution in [0, 0.1) is 17.3 Å². The van der Waals surface area contributed by atoms with E-state index in [0.29, 0.717) is 11.1 Å². The van der Waals surface area contributed by atoms with Crippen molar-refractivity contribution in [2.45, 2.75) is 170 Å². The number of carbonyl (C=O) groups is 4. The summed E-state index contributed by atoms with van der Waals surface area (Å²) < 4.78 is 36.4. The first kappa shape index (κ1) is 47.8. The second-order valence-electron chi connectivity index (χ2n) is 19.5. The maximum atomic E-state index is 15.2. The Bertz CT molecular complexity index is 1940. The van der Waals surface area contributed by atoms with Gasteiger partial charge < -0.3 is 69.7 Å². The first-order chi connectivity index (χ1) is 30.9. The molecule has 4 heterocycles. The summed E-state index contributed by atoms with van der Waals surface area (Å²) in [5.74, 6) is -3.48. The molecule has 8 rings (SSSR count). The van der Waals surface area contributed by atoms with Gasteiger partial charge in [0.25, 0.3) is 0 Å². The van der Waals surface area contributed by atoms with E-state index in [1.807, 2.05) is 12.1 Å². The van der Waals surface area contributed by atoms with Crippen molar-refractivity contribution in [1.29, 1.82) is 0 Å². The second kappa shape index (κ2) is 18.8. The molecule has 20 heteroatoms. The molecule has 20 nitrogen and oxygen atoms in total. The Morgan fingerprint density at radius 1 is 0.985 bits per heavy atom. The van der Waals surface area contributed by atoms with Crippen LogP contribution in [0.1, 0.15) is 83.8 Å². The molecular weight excluding hydrogens is 854 g/mol. The van der Waals surface area contributed by atoms with Crippen LogP contribution in [0.4, 0.5) is 0 Å². The Balaban J connectivity index is 1.04. The van der Waals surface area contributed by atoms with Crippen LogP contribution in [0.25, 0.3) is 6.08 Å². The number of esters is 2. The van der Waals surface area contributed by atoms with Crippen molar-refractivity contribution in [2.24, 2.45) is 17.3 Å². The predicted molar refractivity (Wildman–Crippen MR) is 222 cm³/mol. The molecule has 3 aliphatic carbocycles. The van der Waals surface area contributed by atoms with Gasteiger partial charge in [0, 0.05) is 24.7 Å². The van der Waals surface area contributed by atoms with E-state index in [-0.39, 0.29) is 44.2 Å². The zero-order chi connectivity index (χ0) is 46.6. The molecule has 8 N–H and O–H groups in total. The maximum absolute atomic E-state index is 15.2. The lowest BCUT2D eigenvalue weighted by Gasteiger charge is -2.49. The van der Waals surface area contributed by atoms with Crippen molar-refractivity contribution >= 4 is 29.8 Å². The topological polar surface area (TPSA) is 282 Å². The Morgan fingerprint density at radius 3 is 2.32 bits per heavy atom. The fraction of sp³-hybridized carbons (Fsp3) is 0.733. The number of amides is 2. The third-order valence-corrected chi connectivity index (χ3v) is 13.5. The maximum Gasteiger partial charge on any atom is 0.327 e. The zero-order valence-corrected chi connectivity index (χ0v) is 37.0. The first-order valence-electron chi connectivity index (χ1n) is 22.7. The van der Waals surface area contributed by atoms with Crippen molar-refractivity contribution in [1.82, 2.24) is 15.7 Å². The van der Waals surface area contributed by atoms with Gasteiger partial charge in [-0.15, -0.1) is 0 Å². The highest BCUT2D eigenvalue weighted by Gasteiger charge is 2.78. The van der Waals surface area contributed by atoms with E-state index in [9.17, 15) is 45.0 Å². The highest BCUT2D eigenvalue weighted by Crippen LogP contribution is 2.64. The normalized spacial score (nSPS) is 35.5. The van der Waals surface area contributed by atoms with Gasteiger partial charge in [-0.3, -0.25) is 24.0 Å². The number of hydroxylamine groups is 2. The predicted octanol–water partition coefficient (Wildman–Crippen LogP) is -0.919. The van der Waals surface area contributed by atoms with Gasteiger partial charge in [-0.2, -0.15) is 5.06 Å². The van der Waals surface area contributed by atoms with Gasteiger partial charge in [0.2, 0.25) is 11.8 Å². The number of nitrogens with zero attached hydrogens (tertiary/aromatic N) is 1. The Kier molecular flexibility index (Phi) is 13.8. The lowest BCUT2D eigenvalue weighted by Crippen LogP contribution is -2.71. The van der Waals surface area contributed by atoms with Gasteiger partial charge in [0.1, 0.15) is 65.9 Å². The molecule has 0 aromatic heterocycles. The summed E-state index contributed by atoms with van der Waals surface area (Å²) in [6, 6.07) is 3.40. The third kappa shape index (κ3) is 9.47. The molecule has 7 fully saturated rings. The smallest absolute Gasteiger partial charge is 0.327 e. The summed E-state index contributed by atoms with van der Waals surface area (Å²) >= 11 is 0. The fourth-order valence-corrected chi connectivity index (χ4v) is 10.1. The molecule has 2 bridgehead atoms. The molecule has 3 saturated carbocycles. The van der Waals surface area contributed by atoms with Gasteiger partial charge in [0.05, 0.1) is 38.5 Å². The number of aliphatic hydroxyl groups is 6. The second-order valence-corrected chi connectivity index (χ2v) is 19.5. The van der Waals surface area contributed by atoms with Crippen molar-refractivity contribution in [3.05, 3.63) is 41.5 Å². The van der Waals surface area contributed by atoms with Crippen molar-refractivity contribution in [3.63, 3.8) is 0 Å². The Labute approximate surface area is 376 Å². The Hall–Kier alpha value is -3.64. The molecule has 2 amide bonds. The van der Waals surface area contributed by atoms with Crippen molar-refractivity contribution in [3.8, 4) is 0 Å². The molecule has 65 heavy (non-hydrogen) atoms. The molecule has 4 saturated heterocycles. The van der Waals surface area contributed by atoms with E-state index >= 15 is 4.79 Å². The third-order valence-electron chi connectivity index (χ3n) is 13.5. The molecule has 14 unspecified atom stereocenters. The van der Waals surface area contributed by atoms with Gasteiger partial charge in [-0.25, -0.2) is 0 Å².